The Labute approximate surface area is 251 Å². The number of likely N-dealkylation sites (tertiary alicyclic amines) is 1. The summed E-state index contributed by atoms with van der Waals surface area (Å²) in [5.74, 6) is -2.93. The molecule has 15 heteroatoms. The lowest BCUT2D eigenvalue weighted by molar-refractivity contribution is -0.137. The number of sulfonamides is 1. The highest BCUT2D eigenvalue weighted by Gasteiger charge is 2.38. The minimum Gasteiger partial charge on any atom is -0.378 e. The fraction of sp³-hybridized carbons (Fsp3) is 0.414. The van der Waals surface area contributed by atoms with Gasteiger partial charge in [-0.25, -0.2) is 18.7 Å². The van der Waals surface area contributed by atoms with Crippen molar-refractivity contribution in [3.05, 3.63) is 77.8 Å². The minimum absolute atomic E-state index is 0.0636. The summed E-state index contributed by atoms with van der Waals surface area (Å²) in [6, 6.07) is 7.06. The van der Waals surface area contributed by atoms with Gasteiger partial charge in [0.15, 0.2) is 5.82 Å². The molecule has 1 saturated carbocycles. The molecule has 3 atom stereocenters. The molecule has 1 saturated heterocycles. The first kappa shape index (κ1) is 31.6. The van der Waals surface area contributed by atoms with Crippen LogP contribution >= 0.6 is 0 Å². The van der Waals surface area contributed by atoms with Gasteiger partial charge in [0.1, 0.15) is 22.9 Å². The largest absolute Gasteiger partial charge is 0.416 e. The maximum Gasteiger partial charge on any atom is 0.416 e. The van der Waals surface area contributed by atoms with Crippen LogP contribution in [0.15, 0.2) is 59.9 Å². The number of halogens is 5. The molecule has 0 amide bonds. The van der Waals surface area contributed by atoms with Gasteiger partial charge in [0, 0.05) is 30.4 Å². The third-order valence-electron chi connectivity index (χ3n) is 8.11. The average Bonchev–Trinajstić information content (AvgIpc) is 3.02. The number of rotatable bonds is 9. The van der Waals surface area contributed by atoms with Crippen LogP contribution in [0.2, 0.25) is 0 Å². The molecule has 2 heterocycles. The molecule has 2 aliphatic rings. The van der Waals surface area contributed by atoms with Crippen molar-refractivity contribution in [3.8, 4) is 0 Å². The molecule has 236 valence electrons. The van der Waals surface area contributed by atoms with Crippen LogP contribution < -0.4 is 9.79 Å². The van der Waals surface area contributed by atoms with E-state index in [9.17, 15) is 26.4 Å². The summed E-state index contributed by atoms with van der Waals surface area (Å²) in [5.41, 5.74) is -0.400. The van der Waals surface area contributed by atoms with Gasteiger partial charge in [0.25, 0.3) is 10.0 Å². The zero-order valence-corrected chi connectivity index (χ0v) is 24.2. The lowest BCUT2D eigenvalue weighted by Gasteiger charge is -2.45. The van der Waals surface area contributed by atoms with Crippen molar-refractivity contribution in [2.75, 3.05) is 22.9 Å². The highest BCUT2D eigenvalue weighted by atomic mass is 32.2. The number of anilines is 2. The van der Waals surface area contributed by atoms with E-state index in [0.29, 0.717) is 30.9 Å². The van der Waals surface area contributed by atoms with E-state index in [1.165, 1.54) is 18.3 Å². The highest BCUT2D eigenvalue weighted by Crippen LogP contribution is 2.40. The number of benzene rings is 2. The van der Waals surface area contributed by atoms with Gasteiger partial charge in [-0.1, -0.05) is 29.1 Å². The quantitative estimate of drug-likeness (QED) is 0.182. The maximum atomic E-state index is 15.5. The van der Waals surface area contributed by atoms with E-state index >= 15 is 8.78 Å². The Morgan fingerprint density at radius 1 is 1.02 bits per heavy atom. The van der Waals surface area contributed by atoms with Crippen molar-refractivity contribution in [1.82, 2.24) is 14.9 Å². The highest BCUT2D eigenvalue weighted by molar-refractivity contribution is 7.92. The van der Waals surface area contributed by atoms with E-state index in [2.05, 4.69) is 25.0 Å². The summed E-state index contributed by atoms with van der Waals surface area (Å²) in [7, 11) is -4.94. The molecule has 2 aromatic carbocycles. The zero-order chi connectivity index (χ0) is 31.5. The van der Waals surface area contributed by atoms with Gasteiger partial charge in [-0.3, -0.25) is 9.69 Å². The van der Waals surface area contributed by atoms with E-state index in [0.717, 1.165) is 56.9 Å². The fourth-order valence-electron chi connectivity index (χ4n) is 6.03. The van der Waals surface area contributed by atoms with E-state index < -0.39 is 44.1 Å². The van der Waals surface area contributed by atoms with Gasteiger partial charge < -0.3 is 10.2 Å². The van der Waals surface area contributed by atoms with Crippen molar-refractivity contribution in [1.29, 1.82) is 0 Å². The summed E-state index contributed by atoms with van der Waals surface area (Å²) in [6.45, 7) is 1.34. The third-order valence-corrected chi connectivity index (χ3v) is 9.69. The lowest BCUT2D eigenvalue weighted by Crippen LogP contribution is -2.51. The third kappa shape index (κ3) is 6.78. The molecule has 1 aromatic heterocycles. The number of hydrogen-bond acceptors (Lipinski definition) is 8. The van der Waals surface area contributed by atoms with Crippen LogP contribution in [0, 0.1) is 11.6 Å². The molecule has 2 fully saturated rings. The summed E-state index contributed by atoms with van der Waals surface area (Å²) in [6.07, 6.45) is 2.10. The van der Waals surface area contributed by atoms with Crippen molar-refractivity contribution >= 4 is 28.0 Å². The van der Waals surface area contributed by atoms with E-state index in [-0.39, 0.29) is 34.6 Å². The molecule has 0 radical (unpaired) electrons. The number of piperidine rings is 1. The first-order valence-electron chi connectivity index (χ1n) is 14.1. The molecular weight excluding hydrogens is 609 g/mol. The predicted molar refractivity (Wildman–Crippen MR) is 150 cm³/mol. The smallest absolute Gasteiger partial charge is 0.378 e. The molecule has 1 aliphatic carbocycles. The van der Waals surface area contributed by atoms with Gasteiger partial charge in [0.05, 0.1) is 11.3 Å². The molecule has 9 nitrogen and oxygen atoms in total. The Morgan fingerprint density at radius 3 is 2.48 bits per heavy atom. The lowest BCUT2D eigenvalue weighted by atomic mass is 9.77. The molecule has 3 aromatic rings. The Bertz CT molecular complexity index is 1570. The number of carbonyl (C=O) groups is 1. The molecular formula is C29H30F5N5O4S. The van der Waals surface area contributed by atoms with E-state index in [1.54, 1.807) is 6.07 Å². The summed E-state index contributed by atoms with van der Waals surface area (Å²) < 4.78 is 97.5. The van der Waals surface area contributed by atoms with Crippen LogP contribution in [0.3, 0.4) is 0 Å². The first-order valence-corrected chi connectivity index (χ1v) is 15.5. The normalized spacial score (nSPS) is 21.4. The average molecular weight is 640 g/mol. The predicted octanol–water partition coefficient (Wildman–Crippen LogP) is 5.66. The molecule has 0 unspecified atom stereocenters. The van der Waals surface area contributed by atoms with Gasteiger partial charge in [-0.2, -0.15) is 21.6 Å². The molecule has 1 N–H and O–H groups in total. The second kappa shape index (κ2) is 13.0. The van der Waals surface area contributed by atoms with E-state index in [1.807, 2.05) is 0 Å². The minimum atomic E-state index is -4.94. The molecule has 44 heavy (non-hydrogen) atoms. The van der Waals surface area contributed by atoms with Crippen molar-refractivity contribution < 1.29 is 40.0 Å². The SMILES string of the molecule is O=CON(c1ccncn1)S(=O)(=O)c1cc(F)c(N[C@H]2CC[C@H](c3cccc(C(F)(F)F)c3)C[C@@H]2N2CCCCC2)cc1F. The topological polar surface area (TPSA) is 105 Å². The van der Waals surface area contributed by atoms with Crippen molar-refractivity contribution in [2.24, 2.45) is 0 Å². The number of nitrogens with one attached hydrogen (secondary N) is 1. The van der Waals surface area contributed by atoms with Crippen LogP contribution in [0.5, 0.6) is 0 Å². The standard InChI is InChI=1S/C29H30F5N5O4S/c30-22-16-27(44(41,42)39(43-18-40)28-9-10-35-17-36-28)23(31)15-25(22)37-24-8-7-20(14-26(24)38-11-2-1-3-12-38)19-5-4-6-21(13-19)29(32,33)34/h4-6,9-10,13,15-18,20,24,26,37H,1-3,7-8,11-12,14H2/t20-,24-,26-/m0/s1. The van der Waals surface area contributed by atoms with Crippen LogP contribution in [0.25, 0.3) is 0 Å². The molecule has 0 bridgehead atoms. The van der Waals surface area contributed by atoms with Crippen LogP contribution in [0.4, 0.5) is 33.5 Å². The number of hydrogen-bond donors (Lipinski definition) is 1. The Morgan fingerprint density at radius 2 is 1.80 bits per heavy atom. The Balaban J connectivity index is 1.41. The number of aromatic nitrogens is 2. The van der Waals surface area contributed by atoms with Crippen molar-refractivity contribution in [3.63, 3.8) is 0 Å². The fourth-order valence-corrected chi connectivity index (χ4v) is 7.27. The number of carbonyl (C=O) groups excluding carboxylic acids is 1. The number of alkyl halides is 3. The first-order chi connectivity index (χ1) is 21.0. The maximum absolute atomic E-state index is 15.5. The van der Waals surface area contributed by atoms with Gasteiger partial charge in [0.2, 0.25) is 0 Å². The molecule has 1 aliphatic heterocycles. The van der Waals surface area contributed by atoms with Crippen LogP contribution in [-0.4, -0.2) is 54.9 Å². The van der Waals surface area contributed by atoms with Gasteiger partial charge >= 0.3 is 12.6 Å². The monoisotopic (exact) mass is 639 g/mol. The second-order valence-electron chi connectivity index (χ2n) is 10.8. The summed E-state index contributed by atoms with van der Waals surface area (Å²) in [5, 5.41) is 3.06. The number of nitrogens with zero attached hydrogens (tertiary/aromatic N) is 4. The van der Waals surface area contributed by atoms with Gasteiger partial charge in [-0.15, -0.1) is 0 Å². The molecule has 5 rings (SSSR count). The van der Waals surface area contributed by atoms with E-state index in [4.69, 9.17) is 0 Å². The summed E-state index contributed by atoms with van der Waals surface area (Å²) >= 11 is 0. The Kier molecular flexibility index (Phi) is 9.34. The van der Waals surface area contributed by atoms with Crippen molar-refractivity contribution in [2.45, 2.75) is 67.6 Å². The molecule has 0 spiro atoms. The van der Waals surface area contributed by atoms with Crippen LogP contribution in [-0.2, 0) is 25.8 Å². The van der Waals surface area contributed by atoms with Gasteiger partial charge in [-0.05, 0) is 68.8 Å². The second-order valence-corrected chi connectivity index (χ2v) is 12.5. The summed E-state index contributed by atoms with van der Waals surface area (Å²) in [4.78, 5) is 24.1. The zero-order valence-electron chi connectivity index (χ0n) is 23.4. The van der Waals surface area contributed by atoms with Crippen LogP contribution in [0.1, 0.15) is 55.6 Å². The Hall–Kier alpha value is -3.85.